The lowest BCUT2D eigenvalue weighted by Crippen LogP contribution is -1.94. The summed E-state index contributed by atoms with van der Waals surface area (Å²) in [4.78, 5) is 10.0. The third kappa shape index (κ3) is 1.58. The van der Waals surface area contributed by atoms with Crippen molar-refractivity contribution in [2.24, 2.45) is 0 Å². The molecule has 11 heavy (non-hydrogen) atoms. The van der Waals surface area contributed by atoms with Crippen LogP contribution in [0.25, 0.3) is 0 Å². The van der Waals surface area contributed by atoms with Gasteiger partial charge >= 0.3 is 0 Å². The first-order valence-corrected chi connectivity index (χ1v) is 3.48. The SMILES string of the molecule is BCc1ccccc1[N+](=O)[O-]. The second-order valence-electron chi connectivity index (χ2n) is 2.24. The van der Waals surface area contributed by atoms with E-state index in [0.717, 1.165) is 5.56 Å². The summed E-state index contributed by atoms with van der Waals surface area (Å²) >= 11 is 0. The molecule has 0 bridgehead atoms. The summed E-state index contributed by atoms with van der Waals surface area (Å²) in [6.45, 7) is 0. The molecule has 0 aliphatic rings. The van der Waals surface area contributed by atoms with Gasteiger partial charge in [0.25, 0.3) is 5.69 Å². The third-order valence-electron chi connectivity index (χ3n) is 1.57. The molecule has 0 spiro atoms. The molecule has 0 aliphatic heterocycles. The number of para-hydroxylation sites is 1. The van der Waals surface area contributed by atoms with Crippen LogP contribution in [0.2, 0.25) is 0 Å². The smallest absolute Gasteiger partial charge is 0.258 e. The molecular weight excluding hydrogens is 141 g/mol. The van der Waals surface area contributed by atoms with Gasteiger partial charge in [0.1, 0.15) is 7.85 Å². The zero-order valence-electron chi connectivity index (χ0n) is 6.28. The number of benzene rings is 1. The van der Waals surface area contributed by atoms with Gasteiger partial charge in [0, 0.05) is 11.6 Å². The standard InChI is InChI=1S/C7H8BNO2/c8-5-6-3-1-2-4-7(6)9(10)11/h1-4H,5,8H2. The Morgan fingerprint density at radius 2 is 2.09 bits per heavy atom. The van der Waals surface area contributed by atoms with Crippen LogP contribution in [0, 0.1) is 10.1 Å². The molecule has 0 unspecified atom stereocenters. The Morgan fingerprint density at radius 3 is 2.55 bits per heavy atom. The highest BCUT2D eigenvalue weighted by Crippen LogP contribution is 2.16. The Hall–Kier alpha value is -1.32. The summed E-state index contributed by atoms with van der Waals surface area (Å²) < 4.78 is 0. The van der Waals surface area contributed by atoms with E-state index in [9.17, 15) is 10.1 Å². The first-order chi connectivity index (χ1) is 5.25. The second-order valence-corrected chi connectivity index (χ2v) is 2.24. The van der Waals surface area contributed by atoms with E-state index >= 15 is 0 Å². The monoisotopic (exact) mass is 149 g/mol. The summed E-state index contributed by atoms with van der Waals surface area (Å²) in [7, 11) is 1.91. The molecule has 0 amide bonds. The molecule has 3 nitrogen and oxygen atoms in total. The molecule has 0 saturated heterocycles. The largest absolute Gasteiger partial charge is 0.271 e. The maximum atomic E-state index is 10.4. The minimum absolute atomic E-state index is 0.218. The van der Waals surface area contributed by atoms with E-state index in [1.807, 2.05) is 13.9 Å². The van der Waals surface area contributed by atoms with Crippen LogP contribution in [0.5, 0.6) is 0 Å². The molecule has 0 aliphatic carbocycles. The van der Waals surface area contributed by atoms with Crippen LogP contribution in [0.4, 0.5) is 5.69 Å². The van der Waals surface area contributed by atoms with Gasteiger partial charge in [-0.25, -0.2) is 0 Å². The minimum atomic E-state index is -0.348. The van der Waals surface area contributed by atoms with Crippen molar-refractivity contribution in [1.29, 1.82) is 0 Å². The molecular formula is C7H8BNO2. The zero-order valence-corrected chi connectivity index (χ0v) is 6.28. The lowest BCUT2D eigenvalue weighted by Gasteiger charge is -1.96. The van der Waals surface area contributed by atoms with E-state index < -0.39 is 0 Å². The van der Waals surface area contributed by atoms with Crippen molar-refractivity contribution in [2.75, 3.05) is 0 Å². The maximum absolute atomic E-state index is 10.4. The first-order valence-electron chi connectivity index (χ1n) is 3.48. The predicted octanol–water partition coefficient (Wildman–Crippen LogP) is 0.728. The molecule has 1 rings (SSSR count). The third-order valence-corrected chi connectivity index (χ3v) is 1.57. The normalized spacial score (nSPS) is 9.45. The molecule has 0 heterocycles. The Bertz CT molecular complexity index is 275. The molecule has 0 aromatic heterocycles. The maximum Gasteiger partial charge on any atom is 0.271 e. The highest BCUT2D eigenvalue weighted by Gasteiger charge is 2.08. The quantitative estimate of drug-likeness (QED) is 0.353. The van der Waals surface area contributed by atoms with Crippen molar-refractivity contribution in [2.45, 2.75) is 6.32 Å². The molecule has 56 valence electrons. The van der Waals surface area contributed by atoms with Crippen LogP contribution < -0.4 is 0 Å². The van der Waals surface area contributed by atoms with E-state index in [-0.39, 0.29) is 10.6 Å². The van der Waals surface area contributed by atoms with Crippen molar-refractivity contribution in [3.05, 3.63) is 39.9 Å². The molecule has 0 saturated carbocycles. The molecule has 0 atom stereocenters. The number of nitro groups is 1. The van der Waals surface area contributed by atoms with Gasteiger partial charge in [0.2, 0.25) is 0 Å². The Labute approximate surface area is 65.6 Å². The van der Waals surface area contributed by atoms with E-state index in [1.54, 1.807) is 12.1 Å². The first kappa shape index (κ1) is 7.79. The van der Waals surface area contributed by atoms with Crippen LogP contribution in [-0.4, -0.2) is 12.8 Å². The van der Waals surface area contributed by atoms with E-state index in [1.165, 1.54) is 6.07 Å². The lowest BCUT2D eigenvalue weighted by atomic mass is 9.96. The Balaban J connectivity index is 3.12. The van der Waals surface area contributed by atoms with Crippen molar-refractivity contribution >= 4 is 13.5 Å². The van der Waals surface area contributed by atoms with Gasteiger partial charge in [0.05, 0.1) is 4.92 Å². The fraction of sp³-hybridized carbons (Fsp3) is 0.143. The minimum Gasteiger partial charge on any atom is -0.258 e. The number of hydrogen-bond donors (Lipinski definition) is 0. The summed E-state index contributed by atoms with van der Waals surface area (Å²) in [5.41, 5.74) is 1.01. The van der Waals surface area contributed by atoms with Crippen LogP contribution in [0.3, 0.4) is 0 Å². The number of rotatable bonds is 2. The summed E-state index contributed by atoms with van der Waals surface area (Å²) in [5.74, 6) is 0. The summed E-state index contributed by atoms with van der Waals surface area (Å²) in [5, 5.41) is 10.4. The molecule has 0 fully saturated rings. The zero-order chi connectivity index (χ0) is 8.27. The lowest BCUT2D eigenvalue weighted by molar-refractivity contribution is -0.385. The van der Waals surface area contributed by atoms with Gasteiger partial charge in [-0.2, -0.15) is 0 Å². The van der Waals surface area contributed by atoms with Gasteiger partial charge in [-0.1, -0.05) is 18.2 Å². The summed E-state index contributed by atoms with van der Waals surface area (Å²) in [6, 6.07) is 6.79. The van der Waals surface area contributed by atoms with E-state index in [2.05, 4.69) is 0 Å². The van der Waals surface area contributed by atoms with Gasteiger partial charge in [-0.3, -0.25) is 10.1 Å². The van der Waals surface area contributed by atoms with Gasteiger partial charge in [0.15, 0.2) is 0 Å². The number of nitro benzene ring substituents is 1. The van der Waals surface area contributed by atoms with Gasteiger partial charge in [-0.15, -0.1) is 0 Å². The van der Waals surface area contributed by atoms with Gasteiger partial charge < -0.3 is 0 Å². The molecule has 4 heteroatoms. The van der Waals surface area contributed by atoms with Crippen molar-refractivity contribution < 1.29 is 4.92 Å². The van der Waals surface area contributed by atoms with Crippen LogP contribution in [0.15, 0.2) is 24.3 Å². The van der Waals surface area contributed by atoms with E-state index in [0.29, 0.717) is 6.32 Å². The van der Waals surface area contributed by atoms with Crippen molar-refractivity contribution in [3.63, 3.8) is 0 Å². The molecule has 1 aromatic carbocycles. The van der Waals surface area contributed by atoms with E-state index in [4.69, 9.17) is 0 Å². The van der Waals surface area contributed by atoms with Crippen LogP contribution in [-0.2, 0) is 6.32 Å². The van der Waals surface area contributed by atoms with Crippen molar-refractivity contribution in [1.82, 2.24) is 0 Å². The molecule has 1 aromatic rings. The average Bonchev–Trinajstić information content (AvgIpc) is 2.04. The molecule has 0 radical (unpaired) electrons. The Morgan fingerprint density at radius 1 is 1.45 bits per heavy atom. The van der Waals surface area contributed by atoms with Gasteiger partial charge in [-0.05, 0) is 6.32 Å². The Kier molecular flexibility index (Phi) is 2.26. The topological polar surface area (TPSA) is 43.1 Å². The predicted molar refractivity (Wildman–Crippen MR) is 45.3 cm³/mol. The fourth-order valence-electron chi connectivity index (χ4n) is 0.988. The average molecular weight is 149 g/mol. The number of nitrogens with zero attached hydrogens (tertiary/aromatic N) is 1. The second kappa shape index (κ2) is 3.19. The highest BCUT2D eigenvalue weighted by molar-refractivity contribution is 6.08. The van der Waals surface area contributed by atoms with Crippen molar-refractivity contribution in [3.8, 4) is 0 Å². The number of hydrogen-bond acceptors (Lipinski definition) is 2. The highest BCUT2D eigenvalue weighted by atomic mass is 16.6. The van der Waals surface area contributed by atoms with Crippen LogP contribution in [0.1, 0.15) is 5.56 Å². The van der Waals surface area contributed by atoms with Crippen LogP contribution >= 0.6 is 0 Å². The molecule has 0 N–H and O–H groups in total. The summed E-state index contributed by atoms with van der Waals surface area (Å²) in [6.07, 6.45) is 0.706. The fourth-order valence-corrected chi connectivity index (χ4v) is 0.988.